The van der Waals surface area contributed by atoms with Gasteiger partial charge in [0.05, 0.1) is 0 Å². The number of para-hydroxylation sites is 2. The first kappa shape index (κ1) is 22.4. The van der Waals surface area contributed by atoms with Gasteiger partial charge in [-0.15, -0.1) is 0 Å². The summed E-state index contributed by atoms with van der Waals surface area (Å²) in [6.07, 6.45) is 0. The van der Waals surface area contributed by atoms with Crippen LogP contribution in [0.5, 0.6) is 0 Å². The fraction of sp³-hybridized carbons (Fsp3) is 0.143. The van der Waals surface area contributed by atoms with Crippen LogP contribution in [0.1, 0.15) is 6.92 Å². The van der Waals surface area contributed by atoms with Crippen molar-refractivity contribution >= 4 is 58.4 Å². The maximum absolute atomic E-state index is 6.07. The number of rotatable bonds is 9. The molecule has 33 heavy (non-hydrogen) atoms. The summed E-state index contributed by atoms with van der Waals surface area (Å²) in [4.78, 5) is 25.2. The Morgan fingerprint density at radius 2 is 1.09 bits per heavy atom. The normalized spacial score (nSPS) is 11.5. The lowest BCUT2D eigenvalue weighted by Crippen LogP contribution is -2.27. The monoisotopic (exact) mass is 482 g/mol. The van der Waals surface area contributed by atoms with Crippen molar-refractivity contribution in [1.29, 1.82) is 0 Å². The topological polar surface area (TPSA) is 125 Å². The summed E-state index contributed by atoms with van der Waals surface area (Å²) in [5.41, 5.74) is 1.68. The van der Waals surface area contributed by atoms with E-state index in [1.54, 1.807) is 0 Å². The molecule has 0 bridgehead atoms. The van der Waals surface area contributed by atoms with E-state index in [1.165, 1.54) is 0 Å². The molecule has 12 heteroatoms. The molecule has 4 rings (SSSR count). The molecule has 4 aromatic rings. The van der Waals surface area contributed by atoms with Gasteiger partial charge in [-0.3, -0.25) is 0 Å². The van der Waals surface area contributed by atoms with E-state index >= 15 is 0 Å². The van der Waals surface area contributed by atoms with Gasteiger partial charge in [0.15, 0.2) is 0 Å². The molecule has 0 aliphatic heterocycles. The molecule has 0 radical (unpaired) electrons. The summed E-state index contributed by atoms with van der Waals surface area (Å²) in [7, 11) is 0. The SMILES string of the molecule is CC(CNc1nc(Cl)nc(Nc2ccccc2)n1)Nc1nc(Cl)nc(Nc2ccccc2)n1. The minimum atomic E-state index is -0.103. The Hall–Kier alpha value is -3.76. The van der Waals surface area contributed by atoms with Crippen molar-refractivity contribution in [3.63, 3.8) is 0 Å². The summed E-state index contributed by atoms with van der Waals surface area (Å²) in [5, 5.41) is 12.7. The molecular weight excluding hydrogens is 463 g/mol. The lowest BCUT2D eigenvalue weighted by atomic mass is 10.3. The van der Waals surface area contributed by atoms with E-state index in [4.69, 9.17) is 23.2 Å². The molecule has 2 heterocycles. The maximum atomic E-state index is 6.07. The van der Waals surface area contributed by atoms with Gasteiger partial charge in [-0.25, -0.2) is 0 Å². The van der Waals surface area contributed by atoms with Crippen molar-refractivity contribution in [2.75, 3.05) is 27.8 Å². The quantitative estimate of drug-likeness (QED) is 0.265. The molecule has 1 atom stereocenters. The predicted molar refractivity (Wildman–Crippen MR) is 131 cm³/mol. The van der Waals surface area contributed by atoms with Crippen LogP contribution in [0.3, 0.4) is 0 Å². The molecule has 1 unspecified atom stereocenters. The third kappa shape index (κ3) is 6.86. The Bertz CT molecular complexity index is 1190. The summed E-state index contributed by atoms with van der Waals surface area (Å²) >= 11 is 12.1. The average molecular weight is 483 g/mol. The zero-order valence-electron chi connectivity index (χ0n) is 17.5. The highest BCUT2D eigenvalue weighted by Crippen LogP contribution is 2.17. The van der Waals surface area contributed by atoms with Crippen molar-refractivity contribution < 1.29 is 0 Å². The van der Waals surface area contributed by atoms with Crippen LogP contribution in [0.25, 0.3) is 0 Å². The third-order valence-electron chi connectivity index (χ3n) is 4.22. The number of nitrogens with one attached hydrogen (secondary N) is 4. The molecule has 2 aromatic carbocycles. The van der Waals surface area contributed by atoms with Crippen LogP contribution in [0.4, 0.5) is 35.2 Å². The van der Waals surface area contributed by atoms with Gasteiger partial charge >= 0.3 is 0 Å². The zero-order chi connectivity index (χ0) is 23.0. The van der Waals surface area contributed by atoms with Gasteiger partial charge in [-0.2, -0.15) is 29.9 Å². The second kappa shape index (κ2) is 10.7. The molecule has 0 saturated carbocycles. The first-order valence-electron chi connectivity index (χ1n) is 10.0. The van der Waals surface area contributed by atoms with Crippen molar-refractivity contribution in [3.8, 4) is 0 Å². The summed E-state index contributed by atoms with van der Waals surface area (Å²) in [5.74, 6) is 1.35. The van der Waals surface area contributed by atoms with Crippen molar-refractivity contribution in [2.24, 2.45) is 0 Å². The Morgan fingerprint density at radius 3 is 1.64 bits per heavy atom. The number of halogens is 2. The predicted octanol–water partition coefficient (Wildman–Crippen LogP) is 4.76. The molecule has 168 valence electrons. The van der Waals surface area contributed by atoms with E-state index in [2.05, 4.69) is 51.2 Å². The molecular formula is C21H20Cl2N10. The number of benzene rings is 2. The van der Waals surface area contributed by atoms with Gasteiger partial charge in [0.25, 0.3) is 0 Å². The van der Waals surface area contributed by atoms with Gasteiger partial charge in [-0.1, -0.05) is 36.4 Å². The van der Waals surface area contributed by atoms with Gasteiger partial charge in [0, 0.05) is 24.0 Å². The number of hydrogen-bond donors (Lipinski definition) is 4. The molecule has 4 N–H and O–H groups in total. The first-order chi connectivity index (χ1) is 16.0. The van der Waals surface area contributed by atoms with E-state index in [9.17, 15) is 0 Å². The van der Waals surface area contributed by atoms with E-state index in [0.717, 1.165) is 11.4 Å². The van der Waals surface area contributed by atoms with Crippen LogP contribution in [0, 0.1) is 0 Å². The van der Waals surface area contributed by atoms with Crippen LogP contribution in [0.15, 0.2) is 60.7 Å². The molecule has 0 aliphatic carbocycles. The van der Waals surface area contributed by atoms with Gasteiger partial charge in [0.1, 0.15) is 0 Å². The van der Waals surface area contributed by atoms with Crippen LogP contribution in [0.2, 0.25) is 10.6 Å². The smallest absolute Gasteiger partial charge is 0.233 e. The minimum Gasteiger partial charge on any atom is -0.352 e. The fourth-order valence-electron chi connectivity index (χ4n) is 2.77. The average Bonchev–Trinajstić information content (AvgIpc) is 2.78. The number of anilines is 6. The second-order valence-electron chi connectivity index (χ2n) is 6.91. The van der Waals surface area contributed by atoms with Crippen molar-refractivity contribution in [2.45, 2.75) is 13.0 Å². The summed E-state index contributed by atoms with van der Waals surface area (Å²) in [6, 6.07) is 19.0. The second-order valence-corrected chi connectivity index (χ2v) is 7.59. The van der Waals surface area contributed by atoms with Gasteiger partial charge in [0.2, 0.25) is 34.4 Å². The van der Waals surface area contributed by atoms with E-state index < -0.39 is 0 Å². The molecule has 0 aliphatic rings. The van der Waals surface area contributed by atoms with Crippen molar-refractivity contribution in [1.82, 2.24) is 29.9 Å². The summed E-state index contributed by atoms with van der Waals surface area (Å²) in [6.45, 7) is 2.40. The molecule has 0 saturated heterocycles. The minimum absolute atomic E-state index is 0.0759. The lowest BCUT2D eigenvalue weighted by Gasteiger charge is -2.15. The van der Waals surface area contributed by atoms with Crippen LogP contribution in [-0.2, 0) is 0 Å². The van der Waals surface area contributed by atoms with Crippen LogP contribution >= 0.6 is 23.2 Å². The highest BCUT2D eigenvalue weighted by atomic mass is 35.5. The van der Waals surface area contributed by atoms with E-state index in [1.807, 2.05) is 67.6 Å². The van der Waals surface area contributed by atoms with Crippen LogP contribution in [-0.4, -0.2) is 42.5 Å². The molecule has 2 aromatic heterocycles. The Balaban J connectivity index is 1.37. The standard InChI is InChI=1S/C21H20Cl2N10/c1-13(25-19-29-17(23)31-21(33-19)27-15-10-6-3-7-11-15)12-24-18-28-16(22)30-20(32-18)26-14-8-4-2-5-9-14/h2-11,13H,12H2,1H3,(H2,24,26,28,30,32)(H2,25,27,29,31,33). The number of aromatic nitrogens is 6. The van der Waals surface area contributed by atoms with E-state index in [-0.39, 0.29) is 16.6 Å². The highest BCUT2D eigenvalue weighted by Gasteiger charge is 2.11. The first-order valence-corrected chi connectivity index (χ1v) is 10.8. The Labute approximate surface area is 200 Å². The molecule has 0 spiro atoms. The Kier molecular flexibility index (Phi) is 7.28. The third-order valence-corrected chi connectivity index (χ3v) is 4.56. The fourth-order valence-corrected chi connectivity index (χ4v) is 3.09. The number of nitrogens with zero attached hydrogens (tertiary/aromatic N) is 6. The van der Waals surface area contributed by atoms with Crippen LogP contribution < -0.4 is 21.3 Å². The highest BCUT2D eigenvalue weighted by molar-refractivity contribution is 6.28. The molecule has 0 amide bonds. The van der Waals surface area contributed by atoms with Gasteiger partial charge < -0.3 is 21.3 Å². The molecule has 10 nitrogen and oxygen atoms in total. The van der Waals surface area contributed by atoms with E-state index in [0.29, 0.717) is 30.3 Å². The number of hydrogen-bond acceptors (Lipinski definition) is 10. The zero-order valence-corrected chi connectivity index (χ0v) is 19.0. The lowest BCUT2D eigenvalue weighted by molar-refractivity contribution is 0.806. The summed E-state index contributed by atoms with van der Waals surface area (Å²) < 4.78 is 0. The van der Waals surface area contributed by atoms with Crippen molar-refractivity contribution in [3.05, 3.63) is 71.2 Å². The maximum Gasteiger partial charge on any atom is 0.233 e. The molecule has 0 fully saturated rings. The Morgan fingerprint density at radius 1 is 0.636 bits per heavy atom. The largest absolute Gasteiger partial charge is 0.352 e. The van der Waals surface area contributed by atoms with Gasteiger partial charge in [-0.05, 0) is 54.4 Å².